The van der Waals surface area contributed by atoms with Crippen LogP contribution in [0.15, 0.2) is 54.6 Å². The van der Waals surface area contributed by atoms with Crippen molar-refractivity contribution in [3.63, 3.8) is 0 Å². The molecule has 0 saturated heterocycles. The molecule has 0 amide bonds. The molecule has 1 N–H and O–H groups in total. The van der Waals surface area contributed by atoms with Crippen LogP contribution in [0.25, 0.3) is 0 Å². The predicted octanol–water partition coefficient (Wildman–Crippen LogP) is 5.69. The van der Waals surface area contributed by atoms with Gasteiger partial charge >= 0.3 is 0 Å². The molecule has 0 spiro atoms. The molecule has 0 heterocycles. The number of aryl methyl sites for hydroxylation is 1. The Kier molecular flexibility index (Phi) is 6.59. The zero-order valence-electron chi connectivity index (χ0n) is 14.5. The summed E-state index contributed by atoms with van der Waals surface area (Å²) in [6, 6.07) is 19.0. The van der Waals surface area contributed by atoms with Crippen LogP contribution in [-0.2, 0) is 6.42 Å². The average Bonchev–Trinajstić information content (AvgIpc) is 2.66. The van der Waals surface area contributed by atoms with Gasteiger partial charge in [0, 0.05) is 6.54 Å². The quantitative estimate of drug-likeness (QED) is 0.630. The summed E-state index contributed by atoms with van der Waals surface area (Å²) in [4.78, 5) is 0. The van der Waals surface area contributed by atoms with Gasteiger partial charge in [0.1, 0.15) is 5.75 Å². The molecular weight excluding hydrogens is 294 g/mol. The van der Waals surface area contributed by atoms with Crippen LogP contribution in [0.5, 0.6) is 5.75 Å². The highest BCUT2D eigenvalue weighted by molar-refractivity contribution is 5.56. The van der Waals surface area contributed by atoms with Crippen molar-refractivity contribution in [2.24, 2.45) is 5.92 Å². The van der Waals surface area contributed by atoms with Crippen molar-refractivity contribution in [3.05, 3.63) is 60.2 Å². The maximum atomic E-state index is 6.04. The molecule has 0 atom stereocenters. The Balaban J connectivity index is 1.44. The summed E-state index contributed by atoms with van der Waals surface area (Å²) in [5.74, 6) is 1.81. The van der Waals surface area contributed by atoms with E-state index in [1.807, 2.05) is 0 Å². The van der Waals surface area contributed by atoms with Crippen molar-refractivity contribution in [3.8, 4) is 5.75 Å². The van der Waals surface area contributed by atoms with Crippen LogP contribution in [0.4, 0.5) is 5.69 Å². The molecule has 2 aromatic rings. The molecule has 2 nitrogen and oxygen atoms in total. The monoisotopic (exact) mass is 323 g/mol. The van der Waals surface area contributed by atoms with Gasteiger partial charge in [-0.05, 0) is 49.3 Å². The van der Waals surface area contributed by atoms with E-state index in [9.17, 15) is 0 Å². The molecule has 3 rings (SSSR count). The number of nitrogens with one attached hydrogen (secondary N) is 1. The Morgan fingerprint density at radius 2 is 1.62 bits per heavy atom. The van der Waals surface area contributed by atoms with Crippen molar-refractivity contribution >= 4 is 5.69 Å². The second-order valence-electron chi connectivity index (χ2n) is 6.82. The zero-order chi connectivity index (χ0) is 16.5. The number of ether oxygens (including phenoxy) is 1. The first-order valence-electron chi connectivity index (χ1n) is 9.41. The van der Waals surface area contributed by atoms with Gasteiger partial charge in [0.25, 0.3) is 0 Å². The molecule has 24 heavy (non-hydrogen) atoms. The first-order valence-corrected chi connectivity index (χ1v) is 9.41. The molecule has 1 fully saturated rings. The molecule has 1 aliphatic rings. The van der Waals surface area contributed by atoms with Gasteiger partial charge in [-0.15, -0.1) is 0 Å². The van der Waals surface area contributed by atoms with Crippen LogP contribution >= 0.6 is 0 Å². The third-order valence-corrected chi connectivity index (χ3v) is 4.90. The lowest BCUT2D eigenvalue weighted by molar-refractivity contribution is 0.312. The fourth-order valence-electron chi connectivity index (χ4n) is 3.49. The normalized spacial score (nSPS) is 15.2. The standard InChI is InChI=1S/C22H29NO/c1-3-10-19(11-4-1)14-9-17-24-22-16-8-7-15-21(22)23-18-20-12-5-2-6-13-20/h1,3-4,7-8,10-11,15-16,20,23H,2,5-6,9,12-14,17-18H2. The average molecular weight is 323 g/mol. The zero-order valence-corrected chi connectivity index (χ0v) is 14.5. The second kappa shape index (κ2) is 9.36. The summed E-state index contributed by atoms with van der Waals surface area (Å²) in [6.07, 6.45) is 9.05. The van der Waals surface area contributed by atoms with E-state index in [4.69, 9.17) is 4.74 Å². The third-order valence-electron chi connectivity index (χ3n) is 4.90. The molecule has 0 unspecified atom stereocenters. The van der Waals surface area contributed by atoms with Crippen molar-refractivity contribution < 1.29 is 4.74 Å². The van der Waals surface area contributed by atoms with Crippen LogP contribution in [0, 0.1) is 5.92 Å². The Morgan fingerprint density at radius 1 is 0.875 bits per heavy atom. The smallest absolute Gasteiger partial charge is 0.142 e. The van der Waals surface area contributed by atoms with E-state index in [1.54, 1.807) is 0 Å². The van der Waals surface area contributed by atoms with E-state index in [0.29, 0.717) is 0 Å². The molecule has 0 aromatic heterocycles. The Hall–Kier alpha value is -1.96. The van der Waals surface area contributed by atoms with E-state index in [-0.39, 0.29) is 0 Å². The highest BCUT2D eigenvalue weighted by Gasteiger charge is 2.13. The number of benzene rings is 2. The maximum absolute atomic E-state index is 6.04. The topological polar surface area (TPSA) is 21.3 Å². The highest BCUT2D eigenvalue weighted by atomic mass is 16.5. The summed E-state index contributed by atoms with van der Waals surface area (Å²) in [7, 11) is 0. The first-order chi connectivity index (χ1) is 11.9. The molecule has 0 aliphatic heterocycles. The van der Waals surface area contributed by atoms with Crippen LogP contribution < -0.4 is 10.1 Å². The molecule has 2 heteroatoms. The van der Waals surface area contributed by atoms with E-state index in [1.165, 1.54) is 37.7 Å². The van der Waals surface area contributed by atoms with Crippen molar-refractivity contribution in [2.45, 2.75) is 44.9 Å². The van der Waals surface area contributed by atoms with Crippen molar-refractivity contribution in [1.82, 2.24) is 0 Å². The van der Waals surface area contributed by atoms with Crippen molar-refractivity contribution in [1.29, 1.82) is 0 Å². The molecule has 0 radical (unpaired) electrons. The lowest BCUT2D eigenvalue weighted by atomic mass is 9.89. The number of hydrogen-bond donors (Lipinski definition) is 1. The fraction of sp³-hybridized carbons (Fsp3) is 0.455. The largest absolute Gasteiger partial charge is 0.491 e. The van der Waals surface area contributed by atoms with Crippen molar-refractivity contribution in [2.75, 3.05) is 18.5 Å². The molecule has 128 valence electrons. The fourth-order valence-corrected chi connectivity index (χ4v) is 3.49. The Labute approximate surface area is 146 Å². The highest BCUT2D eigenvalue weighted by Crippen LogP contribution is 2.27. The minimum Gasteiger partial charge on any atom is -0.491 e. The van der Waals surface area contributed by atoms with Crippen LogP contribution in [0.1, 0.15) is 44.1 Å². The van der Waals surface area contributed by atoms with Gasteiger partial charge in [0.05, 0.1) is 12.3 Å². The predicted molar refractivity (Wildman–Crippen MR) is 102 cm³/mol. The molecule has 0 bridgehead atoms. The van der Waals surface area contributed by atoms with Gasteiger partial charge < -0.3 is 10.1 Å². The number of rotatable bonds is 8. The minimum atomic E-state index is 0.761. The maximum Gasteiger partial charge on any atom is 0.142 e. The first kappa shape index (κ1) is 16.9. The summed E-state index contributed by atoms with van der Waals surface area (Å²) >= 11 is 0. The van der Waals surface area contributed by atoms with Gasteiger partial charge in [0.2, 0.25) is 0 Å². The van der Waals surface area contributed by atoms with E-state index in [2.05, 4.69) is 59.9 Å². The lowest BCUT2D eigenvalue weighted by Gasteiger charge is -2.23. The Morgan fingerprint density at radius 3 is 2.46 bits per heavy atom. The molecule has 1 aliphatic carbocycles. The summed E-state index contributed by atoms with van der Waals surface area (Å²) in [5.41, 5.74) is 2.52. The Bertz CT molecular complexity index is 590. The summed E-state index contributed by atoms with van der Waals surface area (Å²) in [6.45, 7) is 1.83. The summed E-state index contributed by atoms with van der Waals surface area (Å²) in [5, 5.41) is 3.62. The number of hydrogen-bond acceptors (Lipinski definition) is 2. The van der Waals surface area contributed by atoms with Crippen LogP contribution in [0.3, 0.4) is 0 Å². The molecule has 2 aromatic carbocycles. The summed E-state index contributed by atoms with van der Waals surface area (Å²) < 4.78 is 6.04. The van der Waals surface area contributed by atoms with Gasteiger partial charge in [-0.2, -0.15) is 0 Å². The van der Waals surface area contributed by atoms with Gasteiger partial charge in [-0.3, -0.25) is 0 Å². The van der Waals surface area contributed by atoms with E-state index >= 15 is 0 Å². The van der Waals surface area contributed by atoms with Gasteiger partial charge in [-0.1, -0.05) is 61.7 Å². The SMILES string of the molecule is c1ccc(CCCOc2ccccc2NCC2CCCCC2)cc1. The molecular formula is C22H29NO. The van der Waals surface area contributed by atoms with Gasteiger partial charge in [0.15, 0.2) is 0 Å². The van der Waals surface area contributed by atoms with Crippen LogP contribution in [0.2, 0.25) is 0 Å². The molecule has 1 saturated carbocycles. The van der Waals surface area contributed by atoms with Gasteiger partial charge in [-0.25, -0.2) is 0 Å². The van der Waals surface area contributed by atoms with E-state index in [0.717, 1.165) is 43.3 Å². The lowest BCUT2D eigenvalue weighted by Crippen LogP contribution is -2.17. The van der Waals surface area contributed by atoms with E-state index < -0.39 is 0 Å². The second-order valence-corrected chi connectivity index (χ2v) is 6.82. The minimum absolute atomic E-state index is 0.761. The number of anilines is 1. The number of para-hydroxylation sites is 2. The third kappa shape index (κ3) is 5.30. The van der Waals surface area contributed by atoms with Crippen LogP contribution in [-0.4, -0.2) is 13.2 Å².